The molecule has 2 aromatic rings. The SMILES string of the molecule is CCOc1cc(C=C2SC(=S)N(C)C2=O)cc(Cl)c1OCCOCCOc1ccc(C)c(C)c1. The van der Waals surface area contributed by atoms with Gasteiger partial charge >= 0.3 is 0 Å². The van der Waals surface area contributed by atoms with Gasteiger partial charge in [0.2, 0.25) is 0 Å². The Morgan fingerprint density at radius 3 is 2.41 bits per heavy atom. The molecule has 1 saturated heterocycles. The number of thioether (sulfide) groups is 1. The average molecular weight is 522 g/mol. The quantitative estimate of drug-likeness (QED) is 0.215. The van der Waals surface area contributed by atoms with E-state index in [2.05, 4.69) is 13.8 Å². The van der Waals surface area contributed by atoms with Crippen LogP contribution in [0, 0.1) is 13.8 Å². The van der Waals surface area contributed by atoms with Crippen molar-refractivity contribution < 1.29 is 23.7 Å². The van der Waals surface area contributed by atoms with E-state index >= 15 is 0 Å². The summed E-state index contributed by atoms with van der Waals surface area (Å²) < 4.78 is 23.4. The third-order valence-electron chi connectivity index (χ3n) is 5.06. The summed E-state index contributed by atoms with van der Waals surface area (Å²) in [5.41, 5.74) is 3.16. The topological polar surface area (TPSA) is 57.2 Å². The van der Waals surface area contributed by atoms with Crippen molar-refractivity contribution in [1.82, 2.24) is 4.90 Å². The van der Waals surface area contributed by atoms with E-state index in [9.17, 15) is 4.79 Å². The lowest BCUT2D eigenvalue weighted by Gasteiger charge is -2.15. The van der Waals surface area contributed by atoms with E-state index in [0.717, 1.165) is 11.3 Å². The highest BCUT2D eigenvalue weighted by Gasteiger charge is 2.28. The summed E-state index contributed by atoms with van der Waals surface area (Å²) >= 11 is 12.9. The molecule has 182 valence electrons. The van der Waals surface area contributed by atoms with Crippen LogP contribution < -0.4 is 14.2 Å². The number of nitrogens with zero attached hydrogens (tertiary/aromatic N) is 1. The van der Waals surface area contributed by atoms with Crippen LogP contribution in [0.2, 0.25) is 5.02 Å². The highest BCUT2D eigenvalue weighted by Crippen LogP contribution is 2.39. The summed E-state index contributed by atoms with van der Waals surface area (Å²) in [4.78, 5) is 14.3. The smallest absolute Gasteiger partial charge is 0.265 e. The molecular formula is C25H28ClNO5S2. The fraction of sp³-hybridized carbons (Fsp3) is 0.360. The van der Waals surface area contributed by atoms with Crippen molar-refractivity contribution in [1.29, 1.82) is 0 Å². The van der Waals surface area contributed by atoms with Crippen molar-refractivity contribution in [3.8, 4) is 17.2 Å². The van der Waals surface area contributed by atoms with E-state index in [4.69, 9.17) is 42.8 Å². The molecule has 0 atom stereocenters. The summed E-state index contributed by atoms with van der Waals surface area (Å²) in [5.74, 6) is 1.64. The number of benzene rings is 2. The second-order valence-corrected chi connectivity index (χ2v) is 9.64. The van der Waals surface area contributed by atoms with Crippen LogP contribution in [0.15, 0.2) is 35.2 Å². The molecule has 0 spiro atoms. The average Bonchev–Trinajstić information content (AvgIpc) is 3.03. The van der Waals surface area contributed by atoms with Crippen molar-refractivity contribution in [2.75, 3.05) is 40.1 Å². The van der Waals surface area contributed by atoms with E-state index in [1.54, 1.807) is 25.3 Å². The molecule has 1 aliphatic heterocycles. The third-order valence-corrected chi connectivity index (χ3v) is 6.83. The number of hydrogen-bond acceptors (Lipinski definition) is 7. The fourth-order valence-corrected chi connectivity index (χ4v) is 4.55. The lowest BCUT2D eigenvalue weighted by atomic mass is 10.1. The van der Waals surface area contributed by atoms with Gasteiger partial charge in [0, 0.05) is 7.05 Å². The van der Waals surface area contributed by atoms with E-state index in [1.807, 2.05) is 25.1 Å². The molecule has 1 fully saturated rings. The largest absolute Gasteiger partial charge is 0.491 e. The number of likely N-dealkylation sites (N-methyl/N-ethyl adjacent to an activating group) is 1. The molecule has 0 bridgehead atoms. The first-order valence-electron chi connectivity index (χ1n) is 10.9. The number of halogens is 1. The van der Waals surface area contributed by atoms with Crippen LogP contribution in [0.25, 0.3) is 6.08 Å². The zero-order valence-electron chi connectivity index (χ0n) is 19.7. The van der Waals surface area contributed by atoms with Crippen LogP contribution >= 0.6 is 35.6 Å². The Morgan fingerprint density at radius 1 is 1.03 bits per heavy atom. The Morgan fingerprint density at radius 2 is 1.76 bits per heavy atom. The number of ether oxygens (including phenoxy) is 4. The van der Waals surface area contributed by atoms with Crippen LogP contribution in [0.4, 0.5) is 0 Å². The first-order chi connectivity index (χ1) is 16.3. The molecule has 2 aromatic carbocycles. The number of aryl methyl sites for hydroxylation is 2. The van der Waals surface area contributed by atoms with Crippen molar-refractivity contribution in [2.24, 2.45) is 0 Å². The zero-order chi connectivity index (χ0) is 24.7. The van der Waals surface area contributed by atoms with Gasteiger partial charge in [0.1, 0.15) is 23.3 Å². The predicted molar refractivity (Wildman–Crippen MR) is 141 cm³/mol. The van der Waals surface area contributed by atoms with Gasteiger partial charge in [-0.2, -0.15) is 0 Å². The van der Waals surface area contributed by atoms with Gasteiger partial charge in [-0.3, -0.25) is 9.69 Å². The Bertz CT molecular complexity index is 1090. The zero-order valence-corrected chi connectivity index (χ0v) is 22.1. The molecule has 1 amide bonds. The van der Waals surface area contributed by atoms with Crippen molar-refractivity contribution in [3.05, 3.63) is 56.9 Å². The summed E-state index contributed by atoms with van der Waals surface area (Å²) in [5, 5.41) is 0.391. The predicted octanol–water partition coefficient (Wildman–Crippen LogP) is 5.66. The number of thiocarbonyl (C=S) groups is 1. The van der Waals surface area contributed by atoms with Gasteiger partial charge in [-0.1, -0.05) is 41.6 Å². The molecule has 0 unspecified atom stereocenters. The van der Waals surface area contributed by atoms with Gasteiger partial charge < -0.3 is 18.9 Å². The fourth-order valence-electron chi connectivity index (χ4n) is 3.10. The summed E-state index contributed by atoms with van der Waals surface area (Å²) in [6, 6.07) is 9.54. The molecular weight excluding hydrogens is 494 g/mol. The van der Waals surface area contributed by atoms with Crippen LogP contribution in [-0.4, -0.2) is 55.2 Å². The molecule has 0 radical (unpaired) electrons. The molecule has 34 heavy (non-hydrogen) atoms. The van der Waals surface area contributed by atoms with Gasteiger partial charge in [0.05, 0.1) is 29.7 Å². The maximum absolute atomic E-state index is 12.3. The first kappa shape index (κ1) is 26.3. The van der Waals surface area contributed by atoms with Gasteiger partial charge in [-0.15, -0.1) is 0 Å². The number of hydrogen-bond donors (Lipinski definition) is 0. The maximum atomic E-state index is 12.3. The van der Waals surface area contributed by atoms with Gasteiger partial charge in [-0.25, -0.2) is 0 Å². The molecule has 0 aromatic heterocycles. The van der Waals surface area contributed by atoms with Gasteiger partial charge in [0.25, 0.3) is 5.91 Å². The Labute approximate surface area is 215 Å². The Kier molecular flexibility index (Phi) is 9.64. The van der Waals surface area contributed by atoms with Gasteiger partial charge in [-0.05, 0) is 67.8 Å². The van der Waals surface area contributed by atoms with Crippen molar-refractivity contribution in [2.45, 2.75) is 20.8 Å². The van der Waals surface area contributed by atoms with E-state index < -0.39 is 0 Å². The lowest BCUT2D eigenvalue weighted by Crippen LogP contribution is -2.22. The molecule has 0 saturated carbocycles. The molecule has 0 N–H and O–H groups in total. The number of amides is 1. The number of rotatable bonds is 11. The van der Waals surface area contributed by atoms with E-state index in [1.165, 1.54) is 27.8 Å². The summed E-state index contributed by atoms with van der Waals surface area (Å²) in [6.45, 7) is 8.02. The van der Waals surface area contributed by atoms with E-state index in [0.29, 0.717) is 58.8 Å². The lowest BCUT2D eigenvalue weighted by molar-refractivity contribution is -0.121. The Balaban J connectivity index is 1.52. The molecule has 0 aliphatic carbocycles. The summed E-state index contributed by atoms with van der Waals surface area (Å²) in [7, 11) is 1.66. The third kappa shape index (κ3) is 6.88. The van der Waals surface area contributed by atoms with Crippen molar-refractivity contribution in [3.63, 3.8) is 0 Å². The van der Waals surface area contributed by atoms with Gasteiger partial charge in [0.15, 0.2) is 11.5 Å². The summed E-state index contributed by atoms with van der Waals surface area (Å²) in [6.07, 6.45) is 1.75. The van der Waals surface area contributed by atoms with Crippen LogP contribution in [-0.2, 0) is 9.53 Å². The molecule has 3 rings (SSSR count). The van der Waals surface area contributed by atoms with E-state index in [-0.39, 0.29) is 5.91 Å². The minimum Gasteiger partial charge on any atom is -0.491 e. The van der Waals surface area contributed by atoms with Crippen LogP contribution in [0.5, 0.6) is 17.2 Å². The number of carbonyl (C=O) groups is 1. The molecule has 9 heteroatoms. The molecule has 6 nitrogen and oxygen atoms in total. The van der Waals surface area contributed by atoms with Crippen LogP contribution in [0.3, 0.4) is 0 Å². The monoisotopic (exact) mass is 521 g/mol. The van der Waals surface area contributed by atoms with Crippen LogP contribution in [0.1, 0.15) is 23.6 Å². The van der Waals surface area contributed by atoms with Crippen molar-refractivity contribution >= 4 is 51.9 Å². The maximum Gasteiger partial charge on any atom is 0.265 e. The highest BCUT2D eigenvalue weighted by molar-refractivity contribution is 8.26. The molecule has 1 heterocycles. The normalized spacial score (nSPS) is 14.7. The second kappa shape index (κ2) is 12.4. The minimum absolute atomic E-state index is 0.136. The second-order valence-electron chi connectivity index (χ2n) is 7.56. The first-order valence-corrected chi connectivity index (χ1v) is 12.5. The highest BCUT2D eigenvalue weighted by atomic mass is 35.5. The Hall–Kier alpha value is -2.26. The minimum atomic E-state index is -0.136. The number of carbonyl (C=O) groups excluding carboxylic acids is 1. The standard InChI is InChI=1S/C25H28ClNO5S2/c1-5-30-21-14-18(15-22-24(28)27(4)25(33)34-22)13-20(26)23(21)32-11-9-29-8-10-31-19-7-6-16(2)17(3)12-19/h6-7,12-15H,5,8-11H2,1-4H3. The molecule has 1 aliphatic rings.